The molecule has 3 rings (SSSR count). The Bertz CT molecular complexity index is 779. The van der Waals surface area contributed by atoms with Gasteiger partial charge in [-0.15, -0.1) is 10.2 Å². The normalized spacial score (nSPS) is 14.4. The fourth-order valence-corrected chi connectivity index (χ4v) is 2.93. The van der Waals surface area contributed by atoms with Crippen molar-refractivity contribution in [1.82, 2.24) is 30.3 Å². The number of hydrogen-bond acceptors (Lipinski definition) is 4. The van der Waals surface area contributed by atoms with Gasteiger partial charge in [0.2, 0.25) is 5.91 Å². The average Bonchev–Trinajstić information content (AvgIpc) is 3.33. The minimum atomic E-state index is 0.108. The second kappa shape index (κ2) is 9.16. The fraction of sp³-hybridized carbons (Fsp3) is 0.474. The van der Waals surface area contributed by atoms with Gasteiger partial charge in [0.25, 0.3) is 0 Å². The number of likely N-dealkylation sites (tertiary alicyclic amines) is 1. The molecule has 1 aromatic heterocycles. The maximum atomic E-state index is 12.3. The zero-order chi connectivity index (χ0) is 19.1. The highest BCUT2D eigenvalue weighted by molar-refractivity contribution is 5.86. The maximum Gasteiger partial charge on any atom is 0.241 e. The van der Waals surface area contributed by atoms with E-state index in [-0.39, 0.29) is 12.5 Å². The van der Waals surface area contributed by atoms with E-state index in [1.54, 1.807) is 0 Å². The number of hydrogen-bond donors (Lipinski definition) is 2. The van der Waals surface area contributed by atoms with Crippen molar-refractivity contribution in [1.29, 1.82) is 0 Å². The van der Waals surface area contributed by atoms with Crippen LogP contribution in [0.25, 0.3) is 0 Å². The van der Waals surface area contributed by atoms with Gasteiger partial charge in [0, 0.05) is 20.1 Å². The predicted molar refractivity (Wildman–Crippen MR) is 104 cm³/mol. The Morgan fingerprint density at radius 1 is 1.15 bits per heavy atom. The van der Waals surface area contributed by atoms with Crippen LogP contribution in [-0.4, -0.2) is 51.2 Å². The van der Waals surface area contributed by atoms with Crippen LogP contribution in [0.4, 0.5) is 0 Å². The molecular formula is C19H27N7O. The summed E-state index contributed by atoms with van der Waals surface area (Å²) in [6.45, 7) is 4.86. The summed E-state index contributed by atoms with van der Waals surface area (Å²) in [5, 5.41) is 14.6. The molecule has 144 valence electrons. The van der Waals surface area contributed by atoms with E-state index in [9.17, 15) is 4.79 Å². The lowest BCUT2D eigenvalue weighted by Gasteiger charge is -2.17. The van der Waals surface area contributed by atoms with Crippen LogP contribution in [0.3, 0.4) is 0 Å². The van der Waals surface area contributed by atoms with Gasteiger partial charge in [-0.05, 0) is 25.3 Å². The highest BCUT2D eigenvalue weighted by atomic mass is 16.2. The van der Waals surface area contributed by atoms with Gasteiger partial charge < -0.3 is 20.1 Å². The van der Waals surface area contributed by atoms with Crippen LogP contribution in [0.15, 0.2) is 35.3 Å². The SMILES string of the molecule is Cc1nnc(CNC(=NCc2ccccc2)NCC(=O)N2CCCC2)n1C. The summed E-state index contributed by atoms with van der Waals surface area (Å²) >= 11 is 0. The molecule has 2 N–H and O–H groups in total. The molecule has 8 heteroatoms. The van der Waals surface area contributed by atoms with Crippen molar-refractivity contribution in [2.24, 2.45) is 12.0 Å². The molecule has 0 spiro atoms. The summed E-state index contributed by atoms with van der Waals surface area (Å²) in [5.74, 6) is 2.36. The molecule has 0 unspecified atom stereocenters. The first-order chi connectivity index (χ1) is 13.1. The second-order valence-corrected chi connectivity index (χ2v) is 6.67. The lowest BCUT2D eigenvalue weighted by atomic mass is 10.2. The molecule has 0 radical (unpaired) electrons. The number of nitrogens with zero attached hydrogens (tertiary/aromatic N) is 5. The Morgan fingerprint density at radius 3 is 2.56 bits per heavy atom. The molecule has 1 fully saturated rings. The van der Waals surface area contributed by atoms with Crippen molar-refractivity contribution in [3.05, 3.63) is 47.5 Å². The van der Waals surface area contributed by atoms with Crippen molar-refractivity contribution < 1.29 is 4.79 Å². The van der Waals surface area contributed by atoms with Crippen LogP contribution in [-0.2, 0) is 24.9 Å². The van der Waals surface area contributed by atoms with E-state index in [4.69, 9.17) is 0 Å². The van der Waals surface area contributed by atoms with Gasteiger partial charge in [0.05, 0.1) is 19.6 Å². The number of carbonyl (C=O) groups excluding carboxylic acids is 1. The largest absolute Gasteiger partial charge is 0.349 e. The van der Waals surface area contributed by atoms with Gasteiger partial charge in [-0.25, -0.2) is 4.99 Å². The van der Waals surface area contributed by atoms with E-state index in [2.05, 4.69) is 25.8 Å². The lowest BCUT2D eigenvalue weighted by Crippen LogP contribution is -2.44. The Balaban J connectivity index is 1.61. The molecule has 0 aliphatic carbocycles. The fourth-order valence-electron chi connectivity index (χ4n) is 2.93. The van der Waals surface area contributed by atoms with Crippen molar-refractivity contribution in [3.63, 3.8) is 0 Å². The monoisotopic (exact) mass is 369 g/mol. The predicted octanol–water partition coefficient (Wildman–Crippen LogP) is 0.981. The first-order valence-corrected chi connectivity index (χ1v) is 9.32. The standard InChI is InChI=1S/C19H27N7O/c1-15-23-24-17(25(15)2)13-21-19(20-12-16-8-4-3-5-9-16)22-14-18(27)26-10-6-7-11-26/h3-5,8-9H,6-7,10-14H2,1-2H3,(H2,20,21,22). The summed E-state index contributed by atoms with van der Waals surface area (Å²) in [6, 6.07) is 10.0. The number of aryl methyl sites for hydroxylation is 1. The van der Waals surface area contributed by atoms with Crippen LogP contribution in [0.5, 0.6) is 0 Å². The van der Waals surface area contributed by atoms with E-state index in [1.807, 2.05) is 53.8 Å². The summed E-state index contributed by atoms with van der Waals surface area (Å²) in [7, 11) is 1.93. The molecule has 2 aromatic rings. The number of carbonyl (C=O) groups is 1. The van der Waals surface area contributed by atoms with Crippen molar-refractivity contribution >= 4 is 11.9 Å². The summed E-state index contributed by atoms with van der Waals surface area (Å²) in [6.07, 6.45) is 2.18. The topological polar surface area (TPSA) is 87.4 Å². The number of benzene rings is 1. The van der Waals surface area contributed by atoms with Gasteiger partial charge in [0.1, 0.15) is 5.82 Å². The molecule has 0 saturated carbocycles. The molecule has 1 aliphatic heterocycles. The average molecular weight is 369 g/mol. The number of aromatic nitrogens is 3. The second-order valence-electron chi connectivity index (χ2n) is 6.67. The van der Waals surface area contributed by atoms with E-state index >= 15 is 0 Å². The quantitative estimate of drug-likeness (QED) is 0.585. The molecule has 1 aromatic carbocycles. The highest BCUT2D eigenvalue weighted by Crippen LogP contribution is 2.06. The lowest BCUT2D eigenvalue weighted by molar-refractivity contribution is -0.128. The third kappa shape index (κ3) is 5.29. The third-order valence-corrected chi connectivity index (χ3v) is 4.73. The molecule has 8 nitrogen and oxygen atoms in total. The van der Waals surface area contributed by atoms with E-state index in [1.165, 1.54) is 0 Å². The Kier molecular flexibility index (Phi) is 6.40. The maximum absolute atomic E-state index is 12.3. The summed E-state index contributed by atoms with van der Waals surface area (Å²) in [4.78, 5) is 18.8. The smallest absolute Gasteiger partial charge is 0.241 e. The van der Waals surface area contributed by atoms with E-state index < -0.39 is 0 Å². The first-order valence-electron chi connectivity index (χ1n) is 9.32. The van der Waals surface area contributed by atoms with Crippen molar-refractivity contribution in [2.45, 2.75) is 32.9 Å². The van der Waals surface area contributed by atoms with Crippen LogP contribution in [0.2, 0.25) is 0 Å². The Hall–Kier alpha value is -2.90. The number of amides is 1. The molecule has 1 saturated heterocycles. The van der Waals surface area contributed by atoms with Crippen LogP contribution in [0.1, 0.15) is 30.1 Å². The minimum Gasteiger partial charge on any atom is -0.349 e. The zero-order valence-electron chi connectivity index (χ0n) is 16.0. The number of guanidine groups is 1. The highest BCUT2D eigenvalue weighted by Gasteiger charge is 2.18. The zero-order valence-corrected chi connectivity index (χ0v) is 16.0. The molecule has 1 amide bonds. The van der Waals surface area contributed by atoms with Crippen LogP contribution in [0, 0.1) is 6.92 Å². The minimum absolute atomic E-state index is 0.108. The van der Waals surface area contributed by atoms with Gasteiger partial charge >= 0.3 is 0 Å². The molecule has 2 heterocycles. The van der Waals surface area contributed by atoms with Gasteiger partial charge in [-0.1, -0.05) is 30.3 Å². The molecule has 1 aliphatic rings. The van der Waals surface area contributed by atoms with Crippen molar-refractivity contribution in [2.75, 3.05) is 19.6 Å². The van der Waals surface area contributed by atoms with Gasteiger partial charge in [0.15, 0.2) is 11.8 Å². The van der Waals surface area contributed by atoms with Crippen LogP contribution >= 0.6 is 0 Å². The number of rotatable bonds is 6. The van der Waals surface area contributed by atoms with Crippen LogP contribution < -0.4 is 10.6 Å². The third-order valence-electron chi connectivity index (χ3n) is 4.73. The molecular weight excluding hydrogens is 342 g/mol. The Labute approximate surface area is 159 Å². The van der Waals surface area contributed by atoms with E-state index in [0.29, 0.717) is 19.0 Å². The first kappa shape index (κ1) is 18.9. The van der Waals surface area contributed by atoms with Crippen molar-refractivity contribution in [3.8, 4) is 0 Å². The van der Waals surface area contributed by atoms with Gasteiger partial charge in [-0.3, -0.25) is 4.79 Å². The summed E-state index contributed by atoms with van der Waals surface area (Å²) < 4.78 is 1.93. The summed E-state index contributed by atoms with van der Waals surface area (Å²) in [5.41, 5.74) is 1.11. The number of aliphatic imine (C=N–C) groups is 1. The molecule has 27 heavy (non-hydrogen) atoms. The van der Waals surface area contributed by atoms with E-state index in [0.717, 1.165) is 43.1 Å². The molecule has 0 bridgehead atoms. The Morgan fingerprint density at radius 2 is 1.89 bits per heavy atom. The molecule has 0 atom stereocenters. The number of nitrogens with one attached hydrogen (secondary N) is 2. The van der Waals surface area contributed by atoms with Gasteiger partial charge in [-0.2, -0.15) is 0 Å².